The number of hydrogen-bond acceptors (Lipinski definition) is 4. The van der Waals surface area contributed by atoms with Crippen molar-refractivity contribution >= 4 is 10.0 Å². The fraction of sp³-hybridized carbons (Fsp3) is 0.571. The molecule has 1 aromatic rings. The van der Waals surface area contributed by atoms with Crippen LogP contribution in [0.1, 0.15) is 31.0 Å². The highest BCUT2D eigenvalue weighted by Gasteiger charge is 2.26. The lowest BCUT2D eigenvalue weighted by molar-refractivity contribution is 0.0805. The Hall–Kier alpha value is -0.950. The van der Waals surface area contributed by atoms with Crippen LogP contribution in [-0.4, -0.2) is 33.4 Å². The van der Waals surface area contributed by atoms with Crippen molar-refractivity contribution < 1.29 is 13.2 Å². The summed E-state index contributed by atoms with van der Waals surface area (Å²) in [6, 6.07) is 8.26. The monoisotopic (exact) mass is 298 g/mol. The Kier molecular flexibility index (Phi) is 4.49. The van der Waals surface area contributed by atoms with E-state index < -0.39 is 15.6 Å². The first-order valence-electron chi connectivity index (χ1n) is 6.65. The highest BCUT2D eigenvalue weighted by Crippen LogP contribution is 2.24. The molecule has 6 heteroatoms. The smallest absolute Gasteiger partial charge is 0.209 e. The number of hydrogen-bond donors (Lipinski definition) is 2. The minimum atomic E-state index is -3.22. The van der Waals surface area contributed by atoms with E-state index in [0.717, 1.165) is 0 Å². The van der Waals surface area contributed by atoms with E-state index in [1.165, 1.54) is 17.4 Å². The Bertz CT molecular complexity index is 570. The van der Waals surface area contributed by atoms with Crippen LogP contribution in [0.4, 0.5) is 0 Å². The third-order valence-electron chi connectivity index (χ3n) is 3.22. The number of nitrogens with one attached hydrogen (secondary N) is 2. The largest absolute Gasteiger partial charge is 0.375 e. The summed E-state index contributed by atoms with van der Waals surface area (Å²) in [6.07, 6.45) is 1.17. The van der Waals surface area contributed by atoms with Crippen LogP contribution in [0.25, 0.3) is 0 Å². The van der Waals surface area contributed by atoms with Gasteiger partial charge in [0.05, 0.1) is 25.5 Å². The molecule has 20 heavy (non-hydrogen) atoms. The zero-order valence-corrected chi connectivity index (χ0v) is 13.0. The number of ether oxygens (including phenoxy) is 1. The van der Waals surface area contributed by atoms with Crippen LogP contribution in [0.5, 0.6) is 0 Å². The molecular formula is C14H22N2O3S. The van der Waals surface area contributed by atoms with Crippen molar-refractivity contribution in [3.63, 3.8) is 0 Å². The van der Waals surface area contributed by atoms with Gasteiger partial charge in [-0.05, 0) is 25.0 Å². The Balaban J connectivity index is 2.02. The number of rotatable bonds is 5. The summed E-state index contributed by atoms with van der Waals surface area (Å²) in [6.45, 7) is 5.49. The number of benzene rings is 1. The zero-order chi connectivity index (χ0) is 14.8. The maximum atomic E-state index is 11.3. The average Bonchev–Trinajstić information content (AvgIpc) is 2.33. The lowest BCUT2D eigenvalue weighted by atomic mass is 9.98. The predicted molar refractivity (Wildman–Crippen MR) is 78.9 cm³/mol. The molecular weight excluding hydrogens is 276 g/mol. The summed E-state index contributed by atoms with van der Waals surface area (Å²) in [7, 11) is -3.22. The highest BCUT2D eigenvalue weighted by atomic mass is 32.2. The van der Waals surface area contributed by atoms with E-state index in [-0.39, 0.29) is 6.04 Å². The number of sulfonamides is 1. The molecule has 5 nitrogen and oxygen atoms in total. The fourth-order valence-electron chi connectivity index (χ4n) is 2.47. The molecule has 0 spiro atoms. The summed E-state index contributed by atoms with van der Waals surface area (Å²) in [4.78, 5) is 0. The second kappa shape index (κ2) is 5.81. The molecule has 0 aromatic heterocycles. The SMILES string of the molecule is CC(C)(CNC1COCc2ccccc21)NS(C)(=O)=O. The Morgan fingerprint density at radius 2 is 2.05 bits per heavy atom. The van der Waals surface area contributed by atoms with Crippen molar-refractivity contribution in [2.24, 2.45) is 0 Å². The lowest BCUT2D eigenvalue weighted by Crippen LogP contribution is -2.51. The van der Waals surface area contributed by atoms with Crippen LogP contribution in [-0.2, 0) is 21.4 Å². The molecule has 0 fully saturated rings. The third kappa shape index (κ3) is 4.28. The van der Waals surface area contributed by atoms with Gasteiger partial charge < -0.3 is 10.1 Å². The van der Waals surface area contributed by atoms with Gasteiger partial charge >= 0.3 is 0 Å². The molecule has 2 N–H and O–H groups in total. The van der Waals surface area contributed by atoms with Crippen molar-refractivity contribution in [1.29, 1.82) is 0 Å². The summed E-state index contributed by atoms with van der Waals surface area (Å²) in [5.74, 6) is 0. The minimum absolute atomic E-state index is 0.0978. The maximum absolute atomic E-state index is 11.3. The van der Waals surface area contributed by atoms with Crippen LogP contribution < -0.4 is 10.0 Å². The quantitative estimate of drug-likeness (QED) is 0.856. The van der Waals surface area contributed by atoms with Gasteiger partial charge in [-0.15, -0.1) is 0 Å². The van der Waals surface area contributed by atoms with Crippen LogP contribution in [0, 0.1) is 0 Å². The van der Waals surface area contributed by atoms with Gasteiger partial charge in [0, 0.05) is 12.1 Å². The molecule has 1 aromatic carbocycles. The Labute approximate surface area is 120 Å². The maximum Gasteiger partial charge on any atom is 0.209 e. The van der Waals surface area contributed by atoms with E-state index in [1.54, 1.807) is 0 Å². The number of fused-ring (bicyclic) bond motifs is 1. The molecule has 0 radical (unpaired) electrons. The summed E-state index contributed by atoms with van der Waals surface area (Å²) in [5.41, 5.74) is 1.87. The second-order valence-corrected chi connectivity index (χ2v) is 7.65. The topological polar surface area (TPSA) is 67.4 Å². The Morgan fingerprint density at radius 1 is 1.35 bits per heavy atom. The van der Waals surface area contributed by atoms with Gasteiger partial charge in [0.2, 0.25) is 10.0 Å². The first kappa shape index (κ1) is 15.4. The summed E-state index contributed by atoms with van der Waals surface area (Å²) >= 11 is 0. The van der Waals surface area contributed by atoms with Gasteiger partial charge in [-0.1, -0.05) is 24.3 Å². The van der Waals surface area contributed by atoms with Crippen molar-refractivity contribution in [3.05, 3.63) is 35.4 Å². The van der Waals surface area contributed by atoms with E-state index in [0.29, 0.717) is 19.8 Å². The molecule has 1 unspecified atom stereocenters. The molecule has 112 valence electrons. The van der Waals surface area contributed by atoms with Crippen molar-refractivity contribution in [1.82, 2.24) is 10.0 Å². The average molecular weight is 298 g/mol. The van der Waals surface area contributed by atoms with Gasteiger partial charge in [-0.25, -0.2) is 13.1 Å². The lowest BCUT2D eigenvalue weighted by Gasteiger charge is -2.31. The zero-order valence-electron chi connectivity index (χ0n) is 12.1. The van der Waals surface area contributed by atoms with Gasteiger partial charge in [0.1, 0.15) is 0 Å². The highest BCUT2D eigenvalue weighted by molar-refractivity contribution is 7.88. The van der Waals surface area contributed by atoms with E-state index in [4.69, 9.17) is 4.74 Å². The molecule has 0 saturated carbocycles. The predicted octanol–water partition coefficient (Wildman–Crippen LogP) is 1.18. The molecule has 0 aliphatic carbocycles. The Morgan fingerprint density at radius 3 is 2.75 bits per heavy atom. The van der Waals surface area contributed by atoms with Crippen molar-refractivity contribution in [2.75, 3.05) is 19.4 Å². The van der Waals surface area contributed by atoms with Crippen molar-refractivity contribution in [3.8, 4) is 0 Å². The second-order valence-electron chi connectivity index (χ2n) is 5.91. The first-order valence-corrected chi connectivity index (χ1v) is 8.54. The van der Waals surface area contributed by atoms with Crippen LogP contribution in [0.3, 0.4) is 0 Å². The molecule has 1 heterocycles. The van der Waals surface area contributed by atoms with Gasteiger partial charge in [0.15, 0.2) is 0 Å². The summed E-state index contributed by atoms with van der Waals surface area (Å²) < 4.78 is 30.9. The van der Waals surface area contributed by atoms with E-state index >= 15 is 0 Å². The third-order valence-corrected chi connectivity index (χ3v) is 4.15. The van der Waals surface area contributed by atoms with Crippen LogP contribution in [0.15, 0.2) is 24.3 Å². The minimum Gasteiger partial charge on any atom is -0.375 e. The first-order chi connectivity index (χ1) is 9.27. The molecule has 0 saturated heterocycles. The van der Waals surface area contributed by atoms with E-state index in [9.17, 15) is 8.42 Å². The van der Waals surface area contributed by atoms with Crippen LogP contribution in [0.2, 0.25) is 0 Å². The molecule has 1 aliphatic rings. The van der Waals surface area contributed by atoms with E-state index in [1.807, 2.05) is 26.0 Å². The van der Waals surface area contributed by atoms with Crippen molar-refractivity contribution in [2.45, 2.75) is 32.0 Å². The van der Waals surface area contributed by atoms with Gasteiger partial charge in [-0.2, -0.15) is 0 Å². The van der Waals surface area contributed by atoms with E-state index in [2.05, 4.69) is 22.2 Å². The molecule has 1 atom stereocenters. The summed E-state index contributed by atoms with van der Waals surface area (Å²) in [5, 5.41) is 3.39. The molecule has 2 rings (SSSR count). The standard InChI is InChI=1S/C14H22N2O3S/c1-14(2,16-20(3,17)18)10-15-13-9-19-8-11-6-4-5-7-12(11)13/h4-7,13,15-16H,8-10H2,1-3H3. The normalized spacial score (nSPS) is 19.6. The fourth-order valence-corrected chi connectivity index (χ4v) is 3.54. The molecule has 1 aliphatic heterocycles. The van der Waals surface area contributed by atoms with Gasteiger partial charge in [-0.3, -0.25) is 0 Å². The molecule has 0 bridgehead atoms. The molecule has 0 amide bonds. The van der Waals surface area contributed by atoms with Crippen LogP contribution >= 0.6 is 0 Å². The van der Waals surface area contributed by atoms with Gasteiger partial charge in [0.25, 0.3) is 0 Å².